The number of carbonyl (C=O) groups is 1. The van der Waals surface area contributed by atoms with Gasteiger partial charge in [-0.05, 0) is 31.5 Å². The molecule has 1 aliphatic rings. The molecule has 3 N–H and O–H groups in total. The number of hydrogen-bond donors (Lipinski definition) is 2. The molecule has 1 saturated heterocycles. The standard InChI is InChI=1S/C13H17ClN2O3/c1-2-19-11-4-3-9(7-10(11)14)16-12(17)13(15)5-6-18-8-13/h3-4,7H,2,5-6,8,15H2,1H3,(H,16,17). The minimum Gasteiger partial charge on any atom is -0.492 e. The predicted octanol–water partition coefficient (Wildman–Crippen LogP) is 1.79. The molecule has 1 aromatic carbocycles. The van der Waals surface area contributed by atoms with Crippen LogP contribution in [-0.4, -0.2) is 31.3 Å². The van der Waals surface area contributed by atoms with E-state index in [9.17, 15) is 4.79 Å². The molecule has 0 spiro atoms. The zero-order valence-electron chi connectivity index (χ0n) is 10.7. The van der Waals surface area contributed by atoms with E-state index in [4.69, 9.17) is 26.8 Å². The van der Waals surface area contributed by atoms with E-state index in [0.29, 0.717) is 36.1 Å². The number of benzene rings is 1. The summed E-state index contributed by atoms with van der Waals surface area (Å²) < 4.78 is 10.5. The molecular formula is C13H17ClN2O3. The first-order chi connectivity index (χ1) is 9.05. The van der Waals surface area contributed by atoms with E-state index in [-0.39, 0.29) is 12.5 Å². The summed E-state index contributed by atoms with van der Waals surface area (Å²) in [5.41, 5.74) is 5.61. The van der Waals surface area contributed by atoms with Crippen molar-refractivity contribution in [1.29, 1.82) is 0 Å². The molecule has 0 aliphatic carbocycles. The van der Waals surface area contributed by atoms with Crippen LogP contribution in [0.5, 0.6) is 5.75 Å². The first kappa shape index (κ1) is 14.1. The summed E-state index contributed by atoms with van der Waals surface area (Å²) in [7, 11) is 0. The summed E-state index contributed by atoms with van der Waals surface area (Å²) >= 11 is 6.05. The second-order valence-electron chi connectivity index (χ2n) is 4.49. The Morgan fingerprint density at radius 2 is 2.42 bits per heavy atom. The highest BCUT2D eigenvalue weighted by molar-refractivity contribution is 6.32. The number of halogens is 1. The molecule has 1 atom stereocenters. The van der Waals surface area contributed by atoms with Crippen molar-refractivity contribution in [2.75, 3.05) is 25.1 Å². The molecule has 0 aromatic heterocycles. The largest absolute Gasteiger partial charge is 0.492 e. The lowest BCUT2D eigenvalue weighted by atomic mass is 9.99. The van der Waals surface area contributed by atoms with Gasteiger partial charge in [0.05, 0.1) is 18.2 Å². The Morgan fingerprint density at radius 3 is 3.00 bits per heavy atom. The monoisotopic (exact) mass is 284 g/mol. The van der Waals surface area contributed by atoms with Crippen molar-refractivity contribution in [3.63, 3.8) is 0 Å². The van der Waals surface area contributed by atoms with Crippen LogP contribution < -0.4 is 15.8 Å². The summed E-state index contributed by atoms with van der Waals surface area (Å²) in [6.07, 6.45) is 0.517. The molecule has 1 amide bonds. The third-order valence-electron chi connectivity index (χ3n) is 2.99. The molecule has 6 heteroatoms. The zero-order valence-corrected chi connectivity index (χ0v) is 11.5. The van der Waals surface area contributed by atoms with Crippen LogP contribution in [-0.2, 0) is 9.53 Å². The lowest BCUT2D eigenvalue weighted by Crippen LogP contribution is -2.51. The van der Waals surface area contributed by atoms with E-state index in [1.165, 1.54) is 0 Å². The molecule has 0 bridgehead atoms. The van der Waals surface area contributed by atoms with Crippen LogP contribution in [0.1, 0.15) is 13.3 Å². The van der Waals surface area contributed by atoms with Crippen LogP contribution in [0, 0.1) is 0 Å². The Morgan fingerprint density at radius 1 is 1.63 bits per heavy atom. The maximum absolute atomic E-state index is 12.1. The van der Waals surface area contributed by atoms with E-state index < -0.39 is 5.54 Å². The molecule has 1 unspecified atom stereocenters. The fourth-order valence-corrected chi connectivity index (χ4v) is 2.10. The van der Waals surface area contributed by atoms with Gasteiger partial charge in [-0.25, -0.2) is 0 Å². The smallest absolute Gasteiger partial charge is 0.246 e. The Bertz CT molecular complexity index is 473. The quantitative estimate of drug-likeness (QED) is 0.884. The number of ether oxygens (including phenoxy) is 2. The lowest BCUT2D eigenvalue weighted by molar-refractivity contribution is -0.121. The molecule has 1 fully saturated rings. The number of nitrogens with two attached hydrogens (primary N) is 1. The van der Waals surface area contributed by atoms with Crippen LogP contribution in [0.15, 0.2) is 18.2 Å². The van der Waals surface area contributed by atoms with Crippen LogP contribution in [0.3, 0.4) is 0 Å². The summed E-state index contributed by atoms with van der Waals surface area (Å²) in [4.78, 5) is 12.1. The molecule has 0 saturated carbocycles. The van der Waals surface area contributed by atoms with Gasteiger partial charge in [-0.2, -0.15) is 0 Å². The van der Waals surface area contributed by atoms with Crippen molar-refractivity contribution >= 4 is 23.2 Å². The molecule has 2 rings (SSSR count). The van der Waals surface area contributed by atoms with E-state index in [0.717, 1.165) is 0 Å². The predicted molar refractivity (Wildman–Crippen MR) is 73.6 cm³/mol. The van der Waals surface area contributed by atoms with Gasteiger partial charge in [0.15, 0.2) is 0 Å². The van der Waals surface area contributed by atoms with E-state index in [1.54, 1.807) is 18.2 Å². The van der Waals surface area contributed by atoms with Crippen LogP contribution in [0.25, 0.3) is 0 Å². The fourth-order valence-electron chi connectivity index (χ4n) is 1.87. The maximum Gasteiger partial charge on any atom is 0.246 e. The summed E-state index contributed by atoms with van der Waals surface area (Å²) in [5, 5.41) is 3.20. The van der Waals surface area contributed by atoms with Crippen LogP contribution in [0.2, 0.25) is 5.02 Å². The Labute approximate surface area is 117 Å². The minimum absolute atomic E-state index is 0.240. The van der Waals surface area contributed by atoms with Gasteiger partial charge in [-0.15, -0.1) is 0 Å². The Kier molecular flexibility index (Phi) is 4.29. The van der Waals surface area contributed by atoms with Gasteiger partial charge in [0, 0.05) is 12.3 Å². The summed E-state index contributed by atoms with van der Waals surface area (Å²) in [6, 6.07) is 5.09. The molecular weight excluding hydrogens is 268 g/mol. The van der Waals surface area contributed by atoms with Gasteiger partial charge in [-0.1, -0.05) is 11.6 Å². The van der Waals surface area contributed by atoms with Crippen LogP contribution in [0.4, 0.5) is 5.69 Å². The number of carbonyl (C=O) groups excluding carboxylic acids is 1. The molecule has 0 radical (unpaired) electrons. The van der Waals surface area contributed by atoms with Gasteiger partial charge in [0.25, 0.3) is 0 Å². The number of amides is 1. The third-order valence-corrected chi connectivity index (χ3v) is 3.29. The number of anilines is 1. The molecule has 1 aliphatic heterocycles. The Balaban J connectivity index is 2.07. The lowest BCUT2D eigenvalue weighted by Gasteiger charge is -2.20. The van der Waals surface area contributed by atoms with Crippen molar-refractivity contribution in [2.24, 2.45) is 5.73 Å². The summed E-state index contributed by atoms with van der Waals surface area (Å²) in [5.74, 6) is 0.332. The second kappa shape index (κ2) is 5.77. The van der Waals surface area contributed by atoms with Crippen molar-refractivity contribution in [3.05, 3.63) is 23.2 Å². The van der Waals surface area contributed by atoms with Gasteiger partial charge in [0.1, 0.15) is 11.3 Å². The van der Waals surface area contributed by atoms with Crippen molar-refractivity contribution in [2.45, 2.75) is 18.9 Å². The first-order valence-corrected chi connectivity index (χ1v) is 6.53. The topological polar surface area (TPSA) is 73.6 Å². The van der Waals surface area contributed by atoms with Crippen molar-refractivity contribution < 1.29 is 14.3 Å². The molecule has 1 aromatic rings. The minimum atomic E-state index is -0.953. The van der Waals surface area contributed by atoms with E-state index in [1.807, 2.05) is 6.92 Å². The molecule has 104 valence electrons. The highest BCUT2D eigenvalue weighted by atomic mass is 35.5. The van der Waals surface area contributed by atoms with Gasteiger partial charge in [-0.3, -0.25) is 4.79 Å². The average molecular weight is 285 g/mol. The highest BCUT2D eigenvalue weighted by Crippen LogP contribution is 2.28. The van der Waals surface area contributed by atoms with Crippen LogP contribution >= 0.6 is 11.6 Å². The van der Waals surface area contributed by atoms with Gasteiger partial charge >= 0.3 is 0 Å². The maximum atomic E-state index is 12.1. The fraction of sp³-hybridized carbons (Fsp3) is 0.462. The highest BCUT2D eigenvalue weighted by Gasteiger charge is 2.38. The normalized spacial score (nSPS) is 22.3. The number of rotatable bonds is 4. The molecule has 1 heterocycles. The van der Waals surface area contributed by atoms with E-state index in [2.05, 4.69) is 5.32 Å². The molecule has 5 nitrogen and oxygen atoms in total. The summed E-state index contributed by atoms with van der Waals surface area (Å²) in [6.45, 7) is 3.16. The second-order valence-corrected chi connectivity index (χ2v) is 4.90. The third kappa shape index (κ3) is 3.18. The van der Waals surface area contributed by atoms with E-state index >= 15 is 0 Å². The zero-order chi connectivity index (χ0) is 13.9. The number of hydrogen-bond acceptors (Lipinski definition) is 4. The SMILES string of the molecule is CCOc1ccc(NC(=O)C2(N)CCOC2)cc1Cl. The van der Waals surface area contributed by atoms with Crippen molar-refractivity contribution in [3.8, 4) is 5.75 Å². The van der Waals surface area contributed by atoms with Crippen molar-refractivity contribution in [1.82, 2.24) is 0 Å². The Hall–Kier alpha value is -1.30. The van der Waals surface area contributed by atoms with Gasteiger partial charge < -0.3 is 20.5 Å². The number of nitrogens with one attached hydrogen (secondary N) is 1. The average Bonchev–Trinajstić information content (AvgIpc) is 2.81. The molecule has 19 heavy (non-hydrogen) atoms. The first-order valence-electron chi connectivity index (χ1n) is 6.15. The van der Waals surface area contributed by atoms with Gasteiger partial charge in [0.2, 0.25) is 5.91 Å².